The standard InChI is InChI=1S/C14H27NO2/c16-14-3-1-13(2-4-14)11-15-8-5-12-6-9-17-10-7-12/h12-16H,1-11H2. The molecule has 1 heterocycles. The Morgan fingerprint density at radius 1 is 0.941 bits per heavy atom. The molecule has 3 nitrogen and oxygen atoms in total. The molecular weight excluding hydrogens is 214 g/mol. The summed E-state index contributed by atoms with van der Waals surface area (Å²) in [7, 11) is 0. The third-order valence-electron chi connectivity index (χ3n) is 4.32. The lowest BCUT2D eigenvalue weighted by molar-refractivity contribution is 0.0637. The Hall–Kier alpha value is -0.120. The smallest absolute Gasteiger partial charge is 0.0540 e. The summed E-state index contributed by atoms with van der Waals surface area (Å²) in [5.41, 5.74) is 0. The fraction of sp³-hybridized carbons (Fsp3) is 1.00. The molecule has 1 saturated heterocycles. The summed E-state index contributed by atoms with van der Waals surface area (Å²) >= 11 is 0. The molecule has 100 valence electrons. The highest BCUT2D eigenvalue weighted by atomic mass is 16.5. The molecule has 0 amide bonds. The molecule has 0 bridgehead atoms. The molecule has 1 saturated carbocycles. The van der Waals surface area contributed by atoms with Crippen molar-refractivity contribution in [1.29, 1.82) is 0 Å². The molecule has 0 aromatic heterocycles. The maximum atomic E-state index is 9.44. The van der Waals surface area contributed by atoms with Crippen molar-refractivity contribution in [2.24, 2.45) is 11.8 Å². The van der Waals surface area contributed by atoms with E-state index >= 15 is 0 Å². The van der Waals surface area contributed by atoms with Gasteiger partial charge in [-0.15, -0.1) is 0 Å². The van der Waals surface area contributed by atoms with Gasteiger partial charge in [0.2, 0.25) is 0 Å². The van der Waals surface area contributed by atoms with Crippen molar-refractivity contribution in [2.75, 3.05) is 26.3 Å². The lowest BCUT2D eigenvalue weighted by Crippen LogP contribution is -2.29. The third kappa shape index (κ3) is 4.94. The Kier molecular flexibility index (Phi) is 5.75. The van der Waals surface area contributed by atoms with Crippen molar-refractivity contribution in [1.82, 2.24) is 5.32 Å². The van der Waals surface area contributed by atoms with Gasteiger partial charge in [-0.2, -0.15) is 0 Å². The van der Waals surface area contributed by atoms with Gasteiger partial charge in [-0.25, -0.2) is 0 Å². The average molecular weight is 241 g/mol. The second-order valence-electron chi connectivity index (χ2n) is 5.72. The van der Waals surface area contributed by atoms with E-state index in [1.807, 2.05) is 0 Å². The number of hydrogen-bond acceptors (Lipinski definition) is 3. The monoisotopic (exact) mass is 241 g/mol. The van der Waals surface area contributed by atoms with Gasteiger partial charge < -0.3 is 15.2 Å². The Morgan fingerprint density at radius 3 is 2.35 bits per heavy atom. The van der Waals surface area contributed by atoms with Gasteiger partial charge in [0.1, 0.15) is 0 Å². The molecule has 0 radical (unpaired) electrons. The lowest BCUT2D eigenvalue weighted by atomic mass is 9.87. The first-order valence-electron chi connectivity index (χ1n) is 7.31. The van der Waals surface area contributed by atoms with E-state index in [1.54, 1.807) is 0 Å². The SMILES string of the molecule is OC1CCC(CNCCC2CCOCC2)CC1. The van der Waals surface area contributed by atoms with Crippen LogP contribution in [-0.4, -0.2) is 37.5 Å². The van der Waals surface area contributed by atoms with Crippen LogP contribution in [0.5, 0.6) is 0 Å². The van der Waals surface area contributed by atoms with Crippen molar-refractivity contribution in [3.05, 3.63) is 0 Å². The predicted molar refractivity (Wildman–Crippen MR) is 69.0 cm³/mol. The molecule has 1 aliphatic heterocycles. The van der Waals surface area contributed by atoms with Crippen LogP contribution in [0.4, 0.5) is 0 Å². The summed E-state index contributed by atoms with van der Waals surface area (Å²) < 4.78 is 5.37. The van der Waals surface area contributed by atoms with E-state index in [1.165, 1.54) is 32.1 Å². The molecule has 2 aliphatic rings. The van der Waals surface area contributed by atoms with Crippen LogP contribution < -0.4 is 5.32 Å². The fourth-order valence-electron chi connectivity index (χ4n) is 3.00. The summed E-state index contributed by atoms with van der Waals surface area (Å²) in [5, 5.41) is 13.0. The zero-order valence-corrected chi connectivity index (χ0v) is 10.9. The number of nitrogens with one attached hydrogen (secondary N) is 1. The van der Waals surface area contributed by atoms with Gasteiger partial charge in [0, 0.05) is 13.2 Å². The van der Waals surface area contributed by atoms with Gasteiger partial charge in [0.05, 0.1) is 6.10 Å². The van der Waals surface area contributed by atoms with E-state index < -0.39 is 0 Å². The Morgan fingerprint density at radius 2 is 1.65 bits per heavy atom. The number of hydrogen-bond donors (Lipinski definition) is 2. The summed E-state index contributed by atoms with van der Waals surface area (Å²) in [6, 6.07) is 0. The van der Waals surface area contributed by atoms with Gasteiger partial charge in [-0.05, 0) is 69.9 Å². The first kappa shape index (κ1) is 13.3. The molecule has 0 spiro atoms. The molecule has 0 aromatic carbocycles. The molecule has 2 N–H and O–H groups in total. The fourth-order valence-corrected chi connectivity index (χ4v) is 3.00. The van der Waals surface area contributed by atoms with Crippen LogP contribution in [0.2, 0.25) is 0 Å². The topological polar surface area (TPSA) is 41.5 Å². The quantitative estimate of drug-likeness (QED) is 0.723. The van der Waals surface area contributed by atoms with Gasteiger partial charge in [-0.1, -0.05) is 0 Å². The van der Waals surface area contributed by atoms with Crippen LogP contribution in [0, 0.1) is 11.8 Å². The van der Waals surface area contributed by atoms with Crippen molar-refractivity contribution in [2.45, 2.75) is 51.0 Å². The van der Waals surface area contributed by atoms with Crippen LogP contribution in [0.25, 0.3) is 0 Å². The molecule has 0 aromatic rings. The van der Waals surface area contributed by atoms with E-state index in [2.05, 4.69) is 5.32 Å². The third-order valence-corrected chi connectivity index (χ3v) is 4.32. The van der Waals surface area contributed by atoms with Crippen LogP contribution in [0.15, 0.2) is 0 Å². The summed E-state index contributed by atoms with van der Waals surface area (Å²) in [5.74, 6) is 1.68. The highest BCUT2D eigenvalue weighted by Crippen LogP contribution is 2.23. The molecule has 2 rings (SSSR count). The number of aliphatic hydroxyl groups excluding tert-OH is 1. The molecule has 0 atom stereocenters. The first-order chi connectivity index (χ1) is 8.34. The second kappa shape index (κ2) is 7.34. The summed E-state index contributed by atoms with van der Waals surface area (Å²) in [6.07, 6.45) is 8.19. The molecule has 17 heavy (non-hydrogen) atoms. The highest BCUT2D eigenvalue weighted by molar-refractivity contribution is 4.73. The van der Waals surface area contributed by atoms with Gasteiger partial charge in [-0.3, -0.25) is 0 Å². The lowest BCUT2D eigenvalue weighted by Gasteiger charge is -2.26. The van der Waals surface area contributed by atoms with Gasteiger partial charge >= 0.3 is 0 Å². The normalized spacial score (nSPS) is 31.6. The molecule has 1 aliphatic carbocycles. The van der Waals surface area contributed by atoms with Crippen molar-refractivity contribution in [3.63, 3.8) is 0 Å². The Labute approximate surface area is 105 Å². The number of ether oxygens (including phenoxy) is 1. The van der Waals surface area contributed by atoms with Crippen LogP contribution in [-0.2, 0) is 4.74 Å². The second-order valence-corrected chi connectivity index (χ2v) is 5.72. The Balaban J connectivity index is 1.48. The van der Waals surface area contributed by atoms with Crippen LogP contribution >= 0.6 is 0 Å². The maximum Gasteiger partial charge on any atom is 0.0540 e. The van der Waals surface area contributed by atoms with Crippen LogP contribution in [0.1, 0.15) is 44.9 Å². The predicted octanol–water partition coefficient (Wildman–Crippen LogP) is 1.94. The molecule has 2 fully saturated rings. The maximum absolute atomic E-state index is 9.44. The average Bonchev–Trinajstić information content (AvgIpc) is 2.38. The van der Waals surface area contributed by atoms with E-state index in [0.29, 0.717) is 0 Å². The van der Waals surface area contributed by atoms with Crippen molar-refractivity contribution >= 4 is 0 Å². The zero-order chi connectivity index (χ0) is 11.9. The summed E-state index contributed by atoms with van der Waals surface area (Å²) in [6.45, 7) is 4.23. The van der Waals surface area contributed by atoms with Crippen LogP contribution in [0.3, 0.4) is 0 Å². The minimum atomic E-state index is -0.0199. The van der Waals surface area contributed by atoms with Gasteiger partial charge in [0.15, 0.2) is 0 Å². The molecular formula is C14H27NO2. The van der Waals surface area contributed by atoms with E-state index in [9.17, 15) is 5.11 Å². The molecule has 3 heteroatoms. The van der Waals surface area contributed by atoms with E-state index in [0.717, 1.165) is 51.0 Å². The first-order valence-corrected chi connectivity index (χ1v) is 7.31. The zero-order valence-electron chi connectivity index (χ0n) is 10.9. The van der Waals surface area contributed by atoms with E-state index in [-0.39, 0.29) is 6.10 Å². The van der Waals surface area contributed by atoms with Gasteiger partial charge in [0.25, 0.3) is 0 Å². The minimum Gasteiger partial charge on any atom is -0.393 e. The summed E-state index contributed by atoms with van der Waals surface area (Å²) in [4.78, 5) is 0. The number of rotatable bonds is 5. The van der Waals surface area contributed by atoms with E-state index in [4.69, 9.17) is 4.74 Å². The number of aliphatic hydroxyl groups is 1. The van der Waals surface area contributed by atoms with Crippen molar-refractivity contribution in [3.8, 4) is 0 Å². The molecule has 0 unspecified atom stereocenters. The Bertz CT molecular complexity index is 196. The minimum absolute atomic E-state index is 0.0199. The van der Waals surface area contributed by atoms with Crippen molar-refractivity contribution < 1.29 is 9.84 Å². The highest BCUT2D eigenvalue weighted by Gasteiger charge is 2.19. The largest absolute Gasteiger partial charge is 0.393 e.